The first-order valence-corrected chi connectivity index (χ1v) is 9.62. The van der Waals surface area contributed by atoms with Crippen molar-refractivity contribution in [2.24, 2.45) is 7.05 Å². The summed E-state index contributed by atoms with van der Waals surface area (Å²) in [5.41, 5.74) is 6.13. The van der Waals surface area contributed by atoms with Gasteiger partial charge >= 0.3 is 0 Å². The van der Waals surface area contributed by atoms with E-state index in [1.165, 1.54) is 44.3 Å². The summed E-state index contributed by atoms with van der Waals surface area (Å²) in [6.45, 7) is 4.37. The Morgan fingerprint density at radius 1 is 0.786 bits per heavy atom. The predicted octanol–water partition coefficient (Wildman–Crippen LogP) is 4.50. The average Bonchev–Trinajstić information content (AvgIpc) is 3.05. The smallest absolute Gasteiger partial charge is 0.164 e. The van der Waals surface area contributed by atoms with Crippen LogP contribution in [-0.4, -0.2) is 4.68 Å². The third kappa shape index (κ3) is 2.43. The van der Waals surface area contributed by atoms with E-state index in [2.05, 4.69) is 120 Å². The van der Waals surface area contributed by atoms with E-state index in [1.54, 1.807) is 0 Å². The maximum atomic E-state index is 2.30. The van der Waals surface area contributed by atoms with Crippen LogP contribution in [0.25, 0.3) is 33.1 Å². The van der Waals surface area contributed by atoms with Crippen molar-refractivity contribution in [2.75, 3.05) is 0 Å². The van der Waals surface area contributed by atoms with Crippen LogP contribution in [0.15, 0.2) is 85.2 Å². The molecule has 28 heavy (non-hydrogen) atoms. The summed E-state index contributed by atoms with van der Waals surface area (Å²) in [7, 11) is 2.13. The molecule has 5 aromatic rings. The van der Waals surface area contributed by atoms with Gasteiger partial charge in [0.05, 0.1) is 17.1 Å². The summed E-state index contributed by atoms with van der Waals surface area (Å²) in [5.74, 6) is 0. The van der Waals surface area contributed by atoms with Gasteiger partial charge in [-0.15, -0.1) is 9.36 Å². The molecule has 0 amide bonds. The van der Waals surface area contributed by atoms with Crippen molar-refractivity contribution in [2.45, 2.75) is 13.8 Å². The lowest BCUT2D eigenvalue weighted by molar-refractivity contribution is -0.720. The van der Waals surface area contributed by atoms with E-state index in [0.29, 0.717) is 0 Å². The average molecular weight is 365 g/mol. The molecule has 2 aromatic heterocycles. The molecule has 3 nitrogen and oxygen atoms in total. The lowest BCUT2D eigenvalue weighted by atomic mass is 10.0. The minimum atomic E-state index is 1.21. The number of rotatable bonds is 2. The molecule has 0 saturated heterocycles. The van der Waals surface area contributed by atoms with Crippen molar-refractivity contribution in [1.82, 2.24) is 4.68 Å². The summed E-state index contributed by atoms with van der Waals surface area (Å²) in [5, 5.41) is 3.74. The van der Waals surface area contributed by atoms with Crippen LogP contribution in [0.3, 0.4) is 0 Å². The van der Waals surface area contributed by atoms with E-state index in [9.17, 15) is 0 Å². The van der Waals surface area contributed by atoms with Gasteiger partial charge in [-0.2, -0.15) is 4.57 Å². The highest BCUT2D eigenvalue weighted by Crippen LogP contribution is 2.29. The zero-order valence-electron chi connectivity index (χ0n) is 16.4. The van der Waals surface area contributed by atoms with E-state index in [0.717, 1.165) is 0 Å². The van der Waals surface area contributed by atoms with Crippen LogP contribution in [0.2, 0.25) is 0 Å². The lowest BCUT2D eigenvalue weighted by Crippen LogP contribution is -2.39. The van der Waals surface area contributed by atoms with Gasteiger partial charge in [0.15, 0.2) is 18.9 Å². The van der Waals surface area contributed by atoms with E-state index in [-0.39, 0.29) is 0 Å². The number of pyridine rings is 1. The number of hydrogen-bond acceptors (Lipinski definition) is 0. The topological polar surface area (TPSA) is 12.7 Å². The fourth-order valence-electron chi connectivity index (χ4n) is 4.20. The van der Waals surface area contributed by atoms with Crippen LogP contribution in [0.5, 0.6) is 0 Å². The van der Waals surface area contributed by atoms with Crippen molar-refractivity contribution >= 4 is 21.7 Å². The van der Waals surface area contributed by atoms with Gasteiger partial charge in [0.2, 0.25) is 11.2 Å². The molecule has 2 heterocycles. The SMILES string of the molecule is Cc1c(-[n+]2ccccc2C)cc2ccccc2c1-n1cc2ccccc2[n+]1C. The first-order chi connectivity index (χ1) is 13.6. The lowest BCUT2D eigenvalue weighted by Gasteiger charge is -2.12. The Hall–Kier alpha value is -3.46. The summed E-state index contributed by atoms with van der Waals surface area (Å²) in [4.78, 5) is 0. The van der Waals surface area contributed by atoms with Crippen molar-refractivity contribution in [1.29, 1.82) is 0 Å². The Bertz CT molecular complexity index is 1350. The third-order valence-corrected chi connectivity index (χ3v) is 5.67. The number of benzene rings is 3. The molecule has 5 rings (SSSR count). The minimum Gasteiger partial charge on any atom is -0.164 e. The fourth-order valence-corrected chi connectivity index (χ4v) is 4.20. The van der Waals surface area contributed by atoms with Gasteiger partial charge in [0, 0.05) is 36.6 Å². The van der Waals surface area contributed by atoms with E-state index in [1.807, 2.05) is 0 Å². The highest BCUT2D eigenvalue weighted by Gasteiger charge is 2.24. The molecule has 0 radical (unpaired) electrons. The van der Waals surface area contributed by atoms with Gasteiger partial charge in [0.25, 0.3) is 0 Å². The Labute approximate surface area is 164 Å². The van der Waals surface area contributed by atoms with E-state index in [4.69, 9.17) is 0 Å². The number of aromatic nitrogens is 3. The van der Waals surface area contributed by atoms with Crippen molar-refractivity contribution in [3.8, 4) is 11.4 Å². The number of aryl methyl sites for hydroxylation is 2. The number of fused-ring (bicyclic) bond motifs is 2. The molecule has 0 spiro atoms. The van der Waals surface area contributed by atoms with Gasteiger partial charge in [-0.1, -0.05) is 42.5 Å². The van der Waals surface area contributed by atoms with Crippen molar-refractivity contribution < 1.29 is 9.25 Å². The molecule has 0 aliphatic rings. The Morgan fingerprint density at radius 2 is 1.50 bits per heavy atom. The first kappa shape index (κ1) is 16.7. The second-order valence-corrected chi connectivity index (χ2v) is 7.36. The van der Waals surface area contributed by atoms with Crippen molar-refractivity contribution in [3.63, 3.8) is 0 Å². The minimum absolute atomic E-state index is 1.21. The molecule has 3 aromatic carbocycles. The first-order valence-electron chi connectivity index (χ1n) is 9.62. The standard InChI is InChI=1S/C25H23N3/c1-18-10-8-9-15-27(18)24-16-20-11-4-6-13-22(20)25(19(24)2)28-17-21-12-5-7-14-23(21)26(28)3/h4-17H,1-3H3/q+2. The van der Waals surface area contributed by atoms with Gasteiger partial charge < -0.3 is 0 Å². The molecular weight excluding hydrogens is 342 g/mol. The third-order valence-electron chi connectivity index (χ3n) is 5.67. The summed E-state index contributed by atoms with van der Waals surface area (Å²) in [6, 6.07) is 25.8. The predicted molar refractivity (Wildman–Crippen MR) is 113 cm³/mol. The molecule has 0 aliphatic carbocycles. The molecule has 0 fully saturated rings. The number of hydrogen-bond donors (Lipinski definition) is 0. The van der Waals surface area contributed by atoms with E-state index < -0.39 is 0 Å². The maximum Gasteiger partial charge on any atom is 0.238 e. The Morgan fingerprint density at radius 3 is 2.29 bits per heavy atom. The second-order valence-electron chi connectivity index (χ2n) is 7.36. The Kier molecular flexibility index (Phi) is 3.76. The highest BCUT2D eigenvalue weighted by atomic mass is 15.4. The quantitative estimate of drug-likeness (QED) is 0.409. The van der Waals surface area contributed by atoms with Crippen LogP contribution < -0.4 is 9.25 Å². The van der Waals surface area contributed by atoms with Crippen LogP contribution in [0, 0.1) is 13.8 Å². The molecule has 0 aliphatic heterocycles. The highest BCUT2D eigenvalue weighted by molar-refractivity contribution is 5.93. The molecule has 0 saturated carbocycles. The summed E-state index contributed by atoms with van der Waals surface area (Å²) < 4.78 is 6.79. The van der Waals surface area contributed by atoms with E-state index >= 15 is 0 Å². The van der Waals surface area contributed by atoms with Gasteiger partial charge in [-0.25, -0.2) is 0 Å². The molecule has 0 bridgehead atoms. The normalized spacial score (nSPS) is 11.4. The fraction of sp³-hybridized carbons (Fsp3) is 0.120. The zero-order chi connectivity index (χ0) is 19.3. The second kappa shape index (κ2) is 6.31. The zero-order valence-corrected chi connectivity index (χ0v) is 16.4. The molecule has 0 N–H and O–H groups in total. The van der Waals surface area contributed by atoms with Gasteiger partial charge in [-0.05, 0) is 18.4 Å². The summed E-state index contributed by atoms with van der Waals surface area (Å²) in [6.07, 6.45) is 4.37. The summed E-state index contributed by atoms with van der Waals surface area (Å²) >= 11 is 0. The largest absolute Gasteiger partial charge is 0.238 e. The molecular formula is C25H23N3+2. The van der Waals surface area contributed by atoms with Crippen LogP contribution >= 0.6 is 0 Å². The van der Waals surface area contributed by atoms with Gasteiger partial charge in [0.1, 0.15) is 5.69 Å². The molecule has 3 heteroatoms. The van der Waals surface area contributed by atoms with Crippen molar-refractivity contribution in [3.05, 3.63) is 96.4 Å². The maximum absolute atomic E-state index is 2.30. The number of nitrogens with zero attached hydrogens (tertiary/aromatic N) is 3. The van der Waals surface area contributed by atoms with Gasteiger partial charge in [-0.3, -0.25) is 0 Å². The molecule has 136 valence electrons. The molecule has 0 atom stereocenters. The Balaban J connectivity index is 1.91. The van der Waals surface area contributed by atoms with Crippen LogP contribution in [-0.2, 0) is 7.05 Å². The van der Waals surface area contributed by atoms with Crippen LogP contribution in [0.4, 0.5) is 0 Å². The number of para-hydroxylation sites is 1. The molecule has 0 unspecified atom stereocenters. The van der Waals surface area contributed by atoms with Crippen LogP contribution in [0.1, 0.15) is 11.3 Å². The monoisotopic (exact) mass is 365 g/mol.